The van der Waals surface area contributed by atoms with Gasteiger partial charge in [0.25, 0.3) is 5.56 Å². The molecule has 5 aromatic rings. The molecule has 0 bridgehead atoms. The Balaban J connectivity index is 1.35. The van der Waals surface area contributed by atoms with Crippen molar-refractivity contribution >= 4 is 10.9 Å². The second kappa shape index (κ2) is 10.1. The zero-order valence-corrected chi connectivity index (χ0v) is 20.6. The molecule has 1 N–H and O–H groups in total. The molecule has 1 aliphatic heterocycles. The summed E-state index contributed by atoms with van der Waals surface area (Å²) in [4.78, 5) is 18.2. The van der Waals surface area contributed by atoms with Gasteiger partial charge in [0.05, 0.1) is 30.9 Å². The monoisotopic (exact) mass is 516 g/mol. The Morgan fingerprint density at radius 3 is 2.68 bits per heavy atom. The van der Waals surface area contributed by atoms with Gasteiger partial charge in [-0.05, 0) is 58.8 Å². The largest absolute Gasteiger partial charge is 0.468 e. The molecule has 0 unspecified atom stereocenters. The molecule has 0 saturated carbocycles. The van der Waals surface area contributed by atoms with Crippen molar-refractivity contribution in [1.82, 2.24) is 30.1 Å². The molecule has 3 aromatic heterocycles. The van der Waals surface area contributed by atoms with Gasteiger partial charge in [-0.2, -0.15) is 0 Å². The molecule has 0 aliphatic carbocycles. The summed E-state index contributed by atoms with van der Waals surface area (Å²) in [7, 11) is 0. The number of H-pyrrole nitrogens is 1. The van der Waals surface area contributed by atoms with E-state index in [4.69, 9.17) is 13.9 Å². The highest BCUT2D eigenvalue weighted by molar-refractivity contribution is 5.83. The fraction of sp³-hybridized carbons (Fsp3) is 0.259. The Kier molecular flexibility index (Phi) is 6.34. The first-order valence-electron chi connectivity index (χ1n) is 12.3. The Labute approximate surface area is 216 Å². The van der Waals surface area contributed by atoms with Crippen LogP contribution in [0.1, 0.15) is 42.1 Å². The van der Waals surface area contributed by atoms with Crippen molar-refractivity contribution in [2.75, 3.05) is 6.79 Å². The van der Waals surface area contributed by atoms with Crippen LogP contribution in [-0.2, 0) is 19.6 Å². The number of rotatable bonds is 9. The molecule has 6 rings (SSSR count). The van der Waals surface area contributed by atoms with Crippen LogP contribution in [0.3, 0.4) is 0 Å². The molecule has 0 radical (unpaired) electrons. The fourth-order valence-corrected chi connectivity index (χ4v) is 4.79. The summed E-state index contributed by atoms with van der Waals surface area (Å²) in [5, 5.41) is 13.3. The SMILES string of the molecule is CC[C@H](c1nnnn1Cc1ccc(F)cc1)N(Cc1ccco1)Cc1cc2cc3c(cc2[nH]c1=O)OCO3. The molecule has 38 heavy (non-hydrogen) atoms. The summed E-state index contributed by atoms with van der Waals surface area (Å²) >= 11 is 0. The first-order valence-corrected chi connectivity index (χ1v) is 12.3. The third-order valence-corrected chi connectivity index (χ3v) is 6.66. The number of hydrogen-bond acceptors (Lipinski definition) is 8. The number of nitrogens with zero attached hydrogens (tertiary/aromatic N) is 5. The molecule has 0 fully saturated rings. The summed E-state index contributed by atoms with van der Waals surface area (Å²) in [6.07, 6.45) is 2.30. The van der Waals surface area contributed by atoms with Crippen LogP contribution < -0.4 is 15.0 Å². The normalized spacial score (nSPS) is 13.4. The number of furan rings is 1. The molecule has 0 saturated heterocycles. The molecule has 1 aliphatic rings. The number of benzene rings is 2. The number of tetrazole rings is 1. The number of nitrogens with one attached hydrogen (secondary N) is 1. The number of aromatic nitrogens is 5. The lowest BCUT2D eigenvalue weighted by atomic mass is 10.1. The molecule has 11 heteroatoms. The van der Waals surface area contributed by atoms with Crippen LogP contribution >= 0.6 is 0 Å². The van der Waals surface area contributed by atoms with Crippen molar-refractivity contribution in [2.45, 2.75) is 39.0 Å². The Morgan fingerprint density at radius 1 is 1.11 bits per heavy atom. The van der Waals surface area contributed by atoms with Gasteiger partial charge < -0.3 is 18.9 Å². The predicted molar refractivity (Wildman–Crippen MR) is 135 cm³/mol. The van der Waals surface area contributed by atoms with Crippen LogP contribution in [-0.4, -0.2) is 36.9 Å². The third kappa shape index (κ3) is 4.75. The van der Waals surface area contributed by atoms with Gasteiger partial charge in [-0.25, -0.2) is 9.07 Å². The van der Waals surface area contributed by atoms with Gasteiger partial charge >= 0.3 is 0 Å². The van der Waals surface area contributed by atoms with Gasteiger partial charge in [-0.3, -0.25) is 9.69 Å². The van der Waals surface area contributed by atoms with Gasteiger partial charge in [0.15, 0.2) is 17.3 Å². The van der Waals surface area contributed by atoms with Crippen LogP contribution in [0.4, 0.5) is 4.39 Å². The number of halogens is 1. The van der Waals surface area contributed by atoms with Crippen molar-refractivity contribution < 1.29 is 18.3 Å². The summed E-state index contributed by atoms with van der Waals surface area (Å²) in [6, 6.07) is 15.3. The smallest absolute Gasteiger partial charge is 0.252 e. The van der Waals surface area contributed by atoms with E-state index in [1.54, 1.807) is 29.1 Å². The zero-order chi connectivity index (χ0) is 26.1. The van der Waals surface area contributed by atoms with E-state index >= 15 is 0 Å². The molecule has 2 aromatic carbocycles. The quantitative estimate of drug-likeness (QED) is 0.311. The average molecular weight is 517 g/mol. The summed E-state index contributed by atoms with van der Waals surface area (Å²) in [5.74, 6) is 2.35. The highest BCUT2D eigenvalue weighted by Crippen LogP contribution is 2.35. The maximum absolute atomic E-state index is 13.4. The van der Waals surface area contributed by atoms with E-state index < -0.39 is 0 Å². The van der Waals surface area contributed by atoms with Crippen molar-refractivity contribution in [2.24, 2.45) is 0 Å². The molecule has 0 amide bonds. The Hall–Kier alpha value is -4.51. The molecule has 10 nitrogen and oxygen atoms in total. The van der Waals surface area contributed by atoms with Crippen molar-refractivity contribution in [3.8, 4) is 11.5 Å². The number of pyridine rings is 1. The van der Waals surface area contributed by atoms with Crippen LogP contribution in [0, 0.1) is 5.82 Å². The molecular weight excluding hydrogens is 491 g/mol. The highest BCUT2D eigenvalue weighted by atomic mass is 19.1. The van der Waals surface area contributed by atoms with E-state index in [2.05, 4.69) is 25.4 Å². The number of fused-ring (bicyclic) bond motifs is 2. The first-order chi connectivity index (χ1) is 18.6. The van der Waals surface area contributed by atoms with Crippen LogP contribution in [0.15, 0.2) is 70.1 Å². The number of aromatic amines is 1. The topological polar surface area (TPSA) is 111 Å². The molecule has 194 valence electrons. The van der Waals surface area contributed by atoms with E-state index in [9.17, 15) is 9.18 Å². The molecule has 0 spiro atoms. The summed E-state index contributed by atoms with van der Waals surface area (Å²) in [6.45, 7) is 3.35. The standard InChI is InChI=1S/C27H25FN6O4/c1-2-23(26-30-31-32-34(26)13-17-5-7-20(28)8-6-17)33(15-21-4-3-9-36-21)14-19-10-18-11-24-25(38-16-37-24)12-22(18)29-27(19)35/h3-12,23H,2,13-16H2,1H3,(H,29,35)/t23-/m1/s1. The zero-order valence-electron chi connectivity index (χ0n) is 20.6. The van der Waals surface area contributed by atoms with Crippen LogP contribution in [0.5, 0.6) is 11.5 Å². The third-order valence-electron chi connectivity index (χ3n) is 6.66. The lowest BCUT2D eigenvalue weighted by Gasteiger charge is -2.29. The Bertz CT molecular complexity index is 1610. The van der Waals surface area contributed by atoms with E-state index in [0.29, 0.717) is 54.5 Å². The highest BCUT2D eigenvalue weighted by Gasteiger charge is 2.27. The minimum Gasteiger partial charge on any atom is -0.468 e. The lowest BCUT2D eigenvalue weighted by molar-refractivity contribution is 0.149. The second-order valence-electron chi connectivity index (χ2n) is 9.15. The average Bonchev–Trinajstić information content (AvgIpc) is 3.68. The maximum Gasteiger partial charge on any atom is 0.252 e. The lowest BCUT2D eigenvalue weighted by Crippen LogP contribution is -2.32. The van der Waals surface area contributed by atoms with Gasteiger partial charge in [0.2, 0.25) is 6.79 Å². The summed E-state index contributed by atoms with van der Waals surface area (Å²) in [5.41, 5.74) is 1.94. The Morgan fingerprint density at radius 2 is 1.92 bits per heavy atom. The molecular formula is C27H25FN6O4. The number of ether oxygens (including phenoxy) is 2. The van der Waals surface area contributed by atoms with Crippen LogP contribution in [0.2, 0.25) is 0 Å². The van der Waals surface area contributed by atoms with Crippen molar-refractivity contribution in [1.29, 1.82) is 0 Å². The minimum atomic E-state index is -0.300. The van der Waals surface area contributed by atoms with Crippen LogP contribution in [0.25, 0.3) is 10.9 Å². The molecule has 4 heterocycles. The van der Waals surface area contributed by atoms with Gasteiger partial charge in [0.1, 0.15) is 11.6 Å². The predicted octanol–water partition coefficient (Wildman–Crippen LogP) is 4.18. The van der Waals surface area contributed by atoms with E-state index in [0.717, 1.165) is 16.7 Å². The van der Waals surface area contributed by atoms with Crippen molar-refractivity contribution in [3.05, 3.63) is 99.7 Å². The van der Waals surface area contributed by atoms with Crippen molar-refractivity contribution in [3.63, 3.8) is 0 Å². The van der Waals surface area contributed by atoms with E-state index in [-0.39, 0.29) is 24.2 Å². The first kappa shape index (κ1) is 23.9. The number of hydrogen-bond donors (Lipinski definition) is 1. The van der Waals surface area contributed by atoms with E-state index in [1.165, 1.54) is 12.1 Å². The van der Waals surface area contributed by atoms with Gasteiger partial charge in [-0.15, -0.1) is 5.10 Å². The van der Waals surface area contributed by atoms with Gasteiger partial charge in [0, 0.05) is 23.6 Å². The van der Waals surface area contributed by atoms with E-state index in [1.807, 2.05) is 31.2 Å². The maximum atomic E-state index is 13.4. The van der Waals surface area contributed by atoms with Gasteiger partial charge in [-0.1, -0.05) is 19.1 Å². The molecule has 1 atom stereocenters. The minimum absolute atomic E-state index is 0.157. The fourth-order valence-electron chi connectivity index (χ4n) is 4.79. The second-order valence-corrected chi connectivity index (χ2v) is 9.15. The summed E-state index contributed by atoms with van der Waals surface area (Å²) < 4.78 is 31.7.